The van der Waals surface area contributed by atoms with Gasteiger partial charge in [0.1, 0.15) is 11.5 Å². The Hall–Kier alpha value is -2.55. The molecule has 0 saturated heterocycles. The fourth-order valence-electron chi connectivity index (χ4n) is 3.08. The number of aromatic hydroxyl groups is 1. The largest absolute Gasteiger partial charge is 0.507 e. The van der Waals surface area contributed by atoms with Crippen molar-refractivity contribution in [2.45, 2.75) is 40.5 Å². The van der Waals surface area contributed by atoms with Crippen LogP contribution in [0.25, 0.3) is 0 Å². The second-order valence-electron chi connectivity index (χ2n) is 6.37. The Labute approximate surface area is 143 Å². The van der Waals surface area contributed by atoms with Gasteiger partial charge in [-0.2, -0.15) is 0 Å². The van der Waals surface area contributed by atoms with Gasteiger partial charge in [-0.05, 0) is 38.8 Å². The minimum absolute atomic E-state index is 0.116. The second kappa shape index (κ2) is 6.91. The average molecular weight is 324 g/mol. The van der Waals surface area contributed by atoms with Crippen molar-refractivity contribution in [1.82, 2.24) is 0 Å². The Balaban J connectivity index is 2.62. The van der Waals surface area contributed by atoms with Gasteiger partial charge in [0.05, 0.1) is 0 Å². The highest BCUT2D eigenvalue weighted by atomic mass is 16.5. The summed E-state index contributed by atoms with van der Waals surface area (Å²) in [5, 5.41) is 10.5. The van der Waals surface area contributed by atoms with Crippen LogP contribution >= 0.6 is 0 Å². The van der Waals surface area contributed by atoms with Gasteiger partial charge in [-0.3, -0.25) is 0 Å². The van der Waals surface area contributed by atoms with Gasteiger partial charge in [-0.1, -0.05) is 48.9 Å². The molecule has 3 heteroatoms. The maximum Gasteiger partial charge on any atom is 0.335 e. The zero-order valence-electron chi connectivity index (χ0n) is 14.9. The summed E-state index contributed by atoms with van der Waals surface area (Å²) in [7, 11) is 0. The van der Waals surface area contributed by atoms with Crippen molar-refractivity contribution in [3.05, 3.63) is 70.3 Å². The minimum Gasteiger partial charge on any atom is -0.507 e. The lowest BCUT2D eigenvalue weighted by atomic mass is 9.87. The molecule has 1 atom stereocenters. The van der Waals surface area contributed by atoms with Crippen molar-refractivity contribution < 1.29 is 14.6 Å². The van der Waals surface area contributed by atoms with E-state index in [4.69, 9.17) is 4.74 Å². The summed E-state index contributed by atoms with van der Waals surface area (Å²) in [6.07, 6.45) is 1.15. The molecule has 0 fully saturated rings. The van der Waals surface area contributed by atoms with E-state index >= 15 is 0 Å². The summed E-state index contributed by atoms with van der Waals surface area (Å²) in [5.41, 5.74) is 5.59. The number of esters is 1. The number of phenols is 1. The van der Waals surface area contributed by atoms with Crippen LogP contribution in [-0.2, 0) is 4.79 Å². The Morgan fingerprint density at radius 2 is 1.58 bits per heavy atom. The van der Waals surface area contributed by atoms with E-state index in [2.05, 4.69) is 6.58 Å². The fraction of sp³-hybridized carbons (Fsp3) is 0.286. The van der Waals surface area contributed by atoms with Gasteiger partial charge in [-0.25, -0.2) is 4.79 Å². The number of hydrogen-bond acceptors (Lipinski definition) is 3. The van der Waals surface area contributed by atoms with E-state index in [9.17, 15) is 9.90 Å². The lowest BCUT2D eigenvalue weighted by Gasteiger charge is -2.21. The van der Waals surface area contributed by atoms with Crippen molar-refractivity contribution in [3.63, 3.8) is 0 Å². The molecule has 24 heavy (non-hydrogen) atoms. The van der Waals surface area contributed by atoms with Crippen LogP contribution < -0.4 is 4.74 Å². The van der Waals surface area contributed by atoms with Crippen LogP contribution in [0.2, 0.25) is 0 Å². The molecule has 0 spiro atoms. The highest BCUT2D eigenvalue weighted by molar-refractivity contribution is 5.84. The SMILES string of the molecule is C=CC(=O)Oc1c(C)cc(C)cc1C(C)c1cc(C)cc(C)c1O. The van der Waals surface area contributed by atoms with E-state index in [0.717, 1.165) is 39.5 Å². The quantitative estimate of drug-likeness (QED) is 0.496. The molecule has 3 nitrogen and oxygen atoms in total. The molecule has 0 aromatic heterocycles. The Morgan fingerprint density at radius 1 is 1.04 bits per heavy atom. The molecule has 126 valence electrons. The second-order valence-corrected chi connectivity index (χ2v) is 6.37. The number of hydrogen-bond donors (Lipinski definition) is 1. The number of carbonyl (C=O) groups excluding carboxylic acids is 1. The summed E-state index contributed by atoms with van der Waals surface area (Å²) < 4.78 is 5.48. The molecular weight excluding hydrogens is 300 g/mol. The van der Waals surface area contributed by atoms with Crippen molar-refractivity contribution in [2.24, 2.45) is 0 Å². The van der Waals surface area contributed by atoms with Gasteiger partial charge in [0, 0.05) is 23.1 Å². The van der Waals surface area contributed by atoms with Gasteiger partial charge in [0.15, 0.2) is 0 Å². The first-order valence-electron chi connectivity index (χ1n) is 8.00. The normalized spacial score (nSPS) is 11.9. The highest BCUT2D eigenvalue weighted by Gasteiger charge is 2.21. The van der Waals surface area contributed by atoms with Crippen LogP contribution in [0, 0.1) is 27.7 Å². The summed E-state index contributed by atoms with van der Waals surface area (Å²) in [6, 6.07) is 7.90. The third-order valence-electron chi connectivity index (χ3n) is 4.22. The first-order chi connectivity index (χ1) is 11.2. The monoisotopic (exact) mass is 324 g/mol. The Kier molecular flexibility index (Phi) is 5.13. The van der Waals surface area contributed by atoms with Crippen LogP contribution in [0.3, 0.4) is 0 Å². The van der Waals surface area contributed by atoms with Gasteiger partial charge >= 0.3 is 5.97 Å². The molecule has 0 aliphatic heterocycles. The molecule has 0 radical (unpaired) electrons. The van der Waals surface area contributed by atoms with Gasteiger partial charge in [-0.15, -0.1) is 0 Å². The van der Waals surface area contributed by atoms with Gasteiger partial charge in [0.2, 0.25) is 0 Å². The van der Waals surface area contributed by atoms with E-state index in [1.807, 2.05) is 58.9 Å². The zero-order chi connectivity index (χ0) is 18.0. The number of ether oxygens (including phenoxy) is 1. The molecule has 0 aliphatic rings. The molecule has 0 saturated carbocycles. The van der Waals surface area contributed by atoms with E-state index in [1.165, 1.54) is 0 Å². The summed E-state index contributed by atoms with van der Waals surface area (Å²) in [6.45, 7) is 13.3. The first kappa shape index (κ1) is 17.8. The Morgan fingerprint density at radius 3 is 2.17 bits per heavy atom. The molecular formula is C21H24O3. The fourth-order valence-corrected chi connectivity index (χ4v) is 3.08. The number of carbonyl (C=O) groups is 1. The standard InChI is InChI=1S/C21H24O3/c1-7-19(22)24-21-15(5)9-13(3)11-18(21)16(6)17-10-12(2)8-14(4)20(17)23/h7-11,16,23H,1H2,2-6H3. The highest BCUT2D eigenvalue weighted by Crippen LogP contribution is 2.39. The molecule has 2 rings (SSSR count). The molecule has 2 aromatic carbocycles. The van der Waals surface area contributed by atoms with Crippen LogP contribution in [0.4, 0.5) is 0 Å². The van der Waals surface area contributed by atoms with Crippen LogP contribution in [0.5, 0.6) is 11.5 Å². The summed E-state index contributed by atoms with van der Waals surface area (Å²) in [4.78, 5) is 11.7. The van der Waals surface area contributed by atoms with E-state index in [-0.39, 0.29) is 11.7 Å². The van der Waals surface area contributed by atoms with Crippen molar-refractivity contribution in [3.8, 4) is 11.5 Å². The number of phenolic OH excluding ortho intramolecular Hbond substituents is 1. The zero-order valence-corrected chi connectivity index (χ0v) is 14.9. The third-order valence-corrected chi connectivity index (χ3v) is 4.22. The molecule has 1 unspecified atom stereocenters. The maximum absolute atomic E-state index is 11.7. The van der Waals surface area contributed by atoms with Crippen LogP contribution in [0.15, 0.2) is 36.9 Å². The van der Waals surface area contributed by atoms with Crippen molar-refractivity contribution in [2.75, 3.05) is 0 Å². The number of rotatable bonds is 4. The topological polar surface area (TPSA) is 46.5 Å². The smallest absolute Gasteiger partial charge is 0.335 e. The predicted octanol–water partition coefficient (Wildman–Crippen LogP) is 4.87. The van der Waals surface area contributed by atoms with Crippen molar-refractivity contribution in [1.29, 1.82) is 0 Å². The molecule has 1 N–H and O–H groups in total. The van der Waals surface area contributed by atoms with E-state index < -0.39 is 5.97 Å². The lowest BCUT2D eigenvalue weighted by molar-refractivity contribution is -0.129. The van der Waals surface area contributed by atoms with Gasteiger partial charge in [0.25, 0.3) is 0 Å². The van der Waals surface area contributed by atoms with E-state index in [1.54, 1.807) is 0 Å². The maximum atomic E-state index is 11.7. The molecule has 0 aliphatic carbocycles. The number of aryl methyl sites for hydroxylation is 4. The molecule has 0 amide bonds. The average Bonchev–Trinajstić information content (AvgIpc) is 2.52. The molecule has 2 aromatic rings. The van der Waals surface area contributed by atoms with Crippen LogP contribution in [-0.4, -0.2) is 11.1 Å². The van der Waals surface area contributed by atoms with E-state index in [0.29, 0.717) is 5.75 Å². The first-order valence-corrected chi connectivity index (χ1v) is 8.00. The molecule has 0 heterocycles. The predicted molar refractivity (Wildman–Crippen MR) is 96.8 cm³/mol. The van der Waals surface area contributed by atoms with Crippen LogP contribution in [0.1, 0.15) is 46.2 Å². The minimum atomic E-state index is -0.486. The Bertz CT molecular complexity index is 803. The summed E-state index contributed by atoms with van der Waals surface area (Å²) >= 11 is 0. The molecule has 0 bridgehead atoms. The van der Waals surface area contributed by atoms with Gasteiger partial charge < -0.3 is 9.84 Å². The summed E-state index contributed by atoms with van der Waals surface area (Å²) in [5.74, 6) is 0.222. The third kappa shape index (κ3) is 3.51. The number of benzene rings is 2. The van der Waals surface area contributed by atoms with Crippen molar-refractivity contribution >= 4 is 5.97 Å². The lowest BCUT2D eigenvalue weighted by Crippen LogP contribution is -2.09.